The molecule has 3 aliphatic rings. The fourth-order valence-corrected chi connectivity index (χ4v) is 6.37. The van der Waals surface area contributed by atoms with Crippen LogP contribution in [0, 0.1) is 23.6 Å². The van der Waals surface area contributed by atoms with Gasteiger partial charge in [-0.1, -0.05) is 42.5 Å². The normalized spacial score (nSPS) is 27.8. The van der Waals surface area contributed by atoms with Crippen LogP contribution in [0.5, 0.6) is 0 Å². The largest absolute Gasteiger partial charge is 0.378 e. The van der Waals surface area contributed by atoms with Crippen LogP contribution in [-0.2, 0) is 0 Å². The van der Waals surface area contributed by atoms with Gasteiger partial charge in [0.25, 0.3) is 5.91 Å². The molecule has 1 amide bonds. The molecule has 0 saturated heterocycles. The van der Waals surface area contributed by atoms with Gasteiger partial charge in [-0.2, -0.15) is 0 Å². The van der Waals surface area contributed by atoms with Crippen LogP contribution in [0.3, 0.4) is 0 Å². The van der Waals surface area contributed by atoms with E-state index in [4.69, 9.17) is 0 Å². The lowest BCUT2D eigenvalue weighted by Gasteiger charge is -2.43. The summed E-state index contributed by atoms with van der Waals surface area (Å²) >= 11 is 0. The number of nitrogens with one attached hydrogen (secondary N) is 2. The van der Waals surface area contributed by atoms with Crippen molar-refractivity contribution in [3.63, 3.8) is 0 Å². The molecular weight excluding hydrogens is 387 g/mol. The van der Waals surface area contributed by atoms with Crippen LogP contribution in [-0.4, -0.2) is 5.91 Å². The number of benzene rings is 3. The van der Waals surface area contributed by atoms with E-state index in [1.807, 2.05) is 18.2 Å². The van der Waals surface area contributed by atoms with E-state index < -0.39 is 5.82 Å². The first-order valence-corrected chi connectivity index (χ1v) is 11.2. The van der Waals surface area contributed by atoms with Crippen molar-refractivity contribution in [2.24, 2.45) is 17.8 Å². The molecule has 2 aliphatic carbocycles. The number of fused-ring (bicyclic) bond motifs is 7. The van der Waals surface area contributed by atoms with Crippen molar-refractivity contribution in [2.75, 3.05) is 10.6 Å². The molecule has 0 unspecified atom stereocenters. The number of rotatable bonds is 3. The van der Waals surface area contributed by atoms with Crippen molar-refractivity contribution in [1.29, 1.82) is 0 Å². The Hall–Kier alpha value is -3.14. The van der Waals surface area contributed by atoms with Gasteiger partial charge in [0, 0.05) is 11.3 Å². The van der Waals surface area contributed by atoms with Crippen LogP contribution < -0.4 is 10.6 Å². The molecule has 0 spiro atoms. The van der Waals surface area contributed by atoms with Gasteiger partial charge in [-0.25, -0.2) is 4.39 Å². The second-order valence-electron chi connectivity index (χ2n) is 9.21. The van der Waals surface area contributed by atoms with Crippen LogP contribution in [0.25, 0.3) is 0 Å². The summed E-state index contributed by atoms with van der Waals surface area (Å²) in [5.41, 5.74) is 4.53. The lowest BCUT2D eigenvalue weighted by atomic mass is 9.68. The predicted molar refractivity (Wildman–Crippen MR) is 121 cm³/mol. The van der Waals surface area contributed by atoms with Crippen molar-refractivity contribution >= 4 is 17.3 Å². The molecule has 31 heavy (non-hydrogen) atoms. The highest BCUT2D eigenvalue weighted by Crippen LogP contribution is 2.63. The molecule has 4 heteroatoms. The number of carbonyl (C=O) groups is 1. The lowest BCUT2D eigenvalue weighted by Crippen LogP contribution is -2.35. The van der Waals surface area contributed by atoms with E-state index >= 15 is 0 Å². The third-order valence-corrected chi connectivity index (χ3v) is 7.63. The van der Waals surface area contributed by atoms with E-state index in [1.54, 1.807) is 18.2 Å². The Labute approximate surface area is 181 Å². The number of anilines is 2. The Balaban J connectivity index is 1.36. The number of carbonyl (C=O) groups excluding carboxylic acids is 1. The fraction of sp³-hybridized carbons (Fsp3) is 0.296. The van der Waals surface area contributed by atoms with E-state index in [2.05, 4.69) is 41.0 Å². The fourth-order valence-electron chi connectivity index (χ4n) is 6.37. The van der Waals surface area contributed by atoms with Gasteiger partial charge in [-0.3, -0.25) is 4.79 Å². The molecule has 3 nitrogen and oxygen atoms in total. The van der Waals surface area contributed by atoms with Gasteiger partial charge >= 0.3 is 0 Å². The van der Waals surface area contributed by atoms with Gasteiger partial charge < -0.3 is 10.6 Å². The van der Waals surface area contributed by atoms with Crippen LogP contribution in [0.15, 0.2) is 72.8 Å². The lowest BCUT2D eigenvalue weighted by molar-refractivity contribution is 0.102. The smallest absolute Gasteiger partial charge is 0.255 e. The van der Waals surface area contributed by atoms with Gasteiger partial charge in [0.2, 0.25) is 0 Å². The first-order valence-electron chi connectivity index (χ1n) is 11.2. The number of para-hydroxylation sites is 1. The number of halogens is 1. The number of hydrogen-bond acceptors (Lipinski definition) is 2. The Morgan fingerprint density at radius 2 is 1.71 bits per heavy atom. The molecule has 1 aliphatic heterocycles. The number of hydrogen-bond donors (Lipinski definition) is 2. The van der Waals surface area contributed by atoms with Crippen LogP contribution >= 0.6 is 0 Å². The molecule has 2 N–H and O–H groups in total. The molecule has 2 saturated carbocycles. The maximum Gasteiger partial charge on any atom is 0.255 e. The molecule has 0 aromatic heterocycles. The first-order chi connectivity index (χ1) is 15.2. The van der Waals surface area contributed by atoms with E-state index in [1.165, 1.54) is 36.5 Å². The molecular formula is C27H25FN2O. The molecule has 3 aromatic rings. The van der Waals surface area contributed by atoms with E-state index in [9.17, 15) is 9.18 Å². The van der Waals surface area contributed by atoms with Crippen molar-refractivity contribution in [3.8, 4) is 0 Å². The third-order valence-electron chi connectivity index (χ3n) is 7.63. The van der Waals surface area contributed by atoms with Crippen LogP contribution in [0.4, 0.5) is 15.8 Å². The summed E-state index contributed by atoms with van der Waals surface area (Å²) in [6.07, 6.45) is 3.86. The molecule has 2 bridgehead atoms. The maximum atomic E-state index is 14.0. The third kappa shape index (κ3) is 3.04. The predicted octanol–water partition coefficient (Wildman–Crippen LogP) is 6.37. The zero-order chi connectivity index (χ0) is 20.9. The van der Waals surface area contributed by atoms with Gasteiger partial charge in [-0.15, -0.1) is 0 Å². The molecule has 0 radical (unpaired) electrons. The minimum Gasteiger partial charge on any atom is -0.378 e. The molecule has 6 rings (SSSR count). The maximum absolute atomic E-state index is 14.0. The topological polar surface area (TPSA) is 41.1 Å². The molecule has 156 valence electrons. The average Bonchev–Trinajstić information content (AvgIpc) is 3.43. The van der Waals surface area contributed by atoms with Crippen molar-refractivity contribution in [1.82, 2.24) is 0 Å². The Morgan fingerprint density at radius 3 is 2.55 bits per heavy atom. The zero-order valence-electron chi connectivity index (χ0n) is 17.2. The van der Waals surface area contributed by atoms with Crippen molar-refractivity contribution < 1.29 is 9.18 Å². The second-order valence-corrected chi connectivity index (χ2v) is 9.21. The Bertz CT molecular complexity index is 1140. The molecule has 5 atom stereocenters. The summed E-state index contributed by atoms with van der Waals surface area (Å²) in [7, 11) is 0. The molecule has 1 heterocycles. The Kier molecular flexibility index (Phi) is 4.34. The molecule has 2 fully saturated rings. The van der Waals surface area contributed by atoms with Gasteiger partial charge in [0.1, 0.15) is 5.82 Å². The SMILES string of the molecule is O=C(Nc1ccccc1F)c1ccc2c(c1)[C@H]1[C@H]3CC[C@@H](C3)[C@H]1[C@H](c1ccccc1)N2. The van der Waals surface area contributed by atoms with Crippen molar-refractivity contribution in [2.45, 2.75) is 31.2 Å². The van der Waals surface area contributed by atoms with Crippen molar-refractivity contribution in [3.05, 3.63) is 95.3 Å². The van der Waals surface area contributed by atoms with Crippen LogP contribution in [0.1, 0.15) is 52.7 Å². The van der Waals surface area contributed by atoms with E-state index in [0.29, 0.717) is 29.4 Å². The van der Waals surface area contributed by atoms with Gasteiger partial charge in [0.05, 0.1) is 11.7 Å². The summed E-state index contributed by atoms with van der Waals surface area (Å²) in [5, 5.41) is 6.53. The highest BCUT2D eigenvalue weighted by Gasteiger charge is 2.53. The van der Waals surface area contributed by atoms with E-state index in [0.717, 1.165) is 11.6 Å². The standard InChI is InChI=1S/C27H25FN2O/c28-21-8-4-5-9-23(21)30-27(31)19-12-13-22-20(15-19)24-17-10-11-18(14-17)25(24)26(29-22)16-6-2-1-3-7-16/h1-9,12-13,15,17-18,24-26,29H,10-11,14H2,(H,30,31)/t17-,18-,24+,25+,26-/m0/s1. The quantitative estimate of drug-likeness (QED) is 0.524. The summed E-state index contributed by atoms with van der Waals surface area (Å²) in [4.78, 5) is 12.9. The summed E-state index contributed by atoms with van der Waals surface area (Å²) < 4.78 is 14.0. The monoisotopic (exact) mass is 412 g/mol. The minimum absolute atomic E-state index is 0.213. The number of amides is 1. The van der Waals surface area contributed by atoms with Crippen LogP contribution in [0.2, 0.25) is 0 Å². The second kappa shape index (κ2) is 7.23. The highest BCUT2D eigenvalue weighted by molar-refractivity contribution is 6.04. The highest BCUT2D eigenvalue weighted by atomic mass is 19.1. The first kappa shape index (κ1) is 18.6. The van der Waals surface area contributed by atoms with E-state index in [-0.39, 0.29) is 11.6 Å². The Morgan fingerprint density at radius 1 is 0.935 bits per heavy atom. The average molecular weight is 413 g/mol. The zero-order valence-corrected chi connectivity index (χ0v) is 17.2. The summed E-state index contributed by atoms with van der Waals surface area (Å²) in [6, 6.07) is 23.3. The summed E-state index contributed by atoms with van der Waals surface area (Å²) in [5.74, 6) is 1.76. The minimum atomic E-state index is -0.422. The molecule has 3 aromatic carbocycles. The summed E-state index contributed by atoms with van der Waals surface area (Å²) in [6.45, 7) is 0. The van der Waals surface area contributed by atoms with Gasteiger partial charge in [-0.05, 0) is 84.4 Å². The van der Waals surface area contributed by atoms with Gasteiger partial charge in [0.15, 0.2) is 0 Å².